The molecule has 0 aliphatic carbocycles. The first-order valence-electron chi connectivity index (χ1n) is 8.20. The number of aromatic nitrogens is 2. The van der Waals surface area contributed by atoms with Gasteiger partial charge in [0.2, 0.25) is 0 Å². The van der Waals surface area contributed by atoms with Crippen LogP contribution in [0.2, 0.25) is 0 Å². The van der Waals surface area contributed by atoms with E-state index in [0.29, 0.717) is 23.9 Å². The first kappa shape index (κ1) is 17.8. The van der Waals surface area contributed by atoms with Gasteiger partial charge in [-0.25, -0.2) is 14.4 Å². The minimum absolute atomic E-state index is 0.276. The molecule has 0 bridgehead atoms. The Morgan fingerprint density at radius 3 is 2.62 bits per heavy atom. The molecule has 1 aromatic carbocycles. The number of hydrogen-bond donors (Lipinski definition) is 2. The summed E-state index contributed by atoms with van der Waals surface area (Å²) in [6.45, 7) is 5.05. The van der Waals surface area contributed by atoms with E-state index in [-0.39, 0.29) is 11.7 Å². The Morgan fingerprint density at radius 1 is 1.17 bits per heavy atom. The molecule has 2 N–H and O–H groups in total. The van der Waals surface area contributed by atoms with Crippen molar-refractivity contribution in [3.05, 3.63) is 53.2 Å². The van der Waals surface area contributed by atoms with E-state index in [9.17, 15) is 9.18 Å². The second kappa shape index (κ2) is 8.96. The zero-order valence-electron chi connectivity index (χ0n) is 14.1. The lowest BCUT2D eigenvalue weighted by molar-refractivity contribution is 0.0945. The summed E-state index contributed by atoms with van der Waals surface area (Å²) >= 11 is 0. The number of nitrogens with one attached hydrogen (secondary N) is 2. The van der Waals surface area contributed by atoms with E-state index < -0.39 is 0 Å². The lowest BCUT2D eigenvalue weighted by atomic mass is 10.2. The third-order valence-electron chi connectivity index (χ3n) is 3.52. The molecule has 0 spiro atoms. The number of carbonyl (C=O) groups is 1. The van der Waals surface area contributed by atoms with Crippen LogP contribution in [0.1, 0.15) is 48.1 Å². The van der Waals surface area contributed by atoms with Crippen molar-refractivity contribution in [3.63, 3.8) is 0 Å². The molecule has 0 saturated carbocycles. The van der Waals surface area contributed by atoms with Crippen LogP contribution >= 0.6 is 0 Å². The largest absolute Gasteiger partial charge is 0.370 e. The smallest absolute Gasteiger partial charge is 0.270 e. The van der Waals surface area contributed by atoms with Crippen molar-refractivity contribution in [1.82, 2.24) is 15.3 Å². The van der Waals surface area contributed by atoms with E-state index in [0.717, 1.165) is 31.4 Å². The zero-order chi connectivity index (χ0) is 17.4. The lowest BCUT2D eigenvalue weighted by Crippen LogP contribution is -2.24. The van der Waals surface area contributed by atoms with E-state index in [1.807, 2.05) is 0 Å². The Bertz CT molecular complexity index is 673. The van der Waals surface area contributed by atoms with Crippen molar-refractivity contribution in [1.29, 1.82) is 0 Å². The van der Waals surface area contributed by atoms with Crippen LogP contribution in [-0.2, 0) is 6.54 Å². The zero-order valence-corrected chi connectivity index (χ0v) is 14.1. The highest BCUT2D eigenvalue weighted by Gasteiger charge is 2.10. The average Bonchev–Trinajstić information content (AvgIpc) is 2.57. The summed E-state index contributed by atoms with van der Waals surface area (Å²) in [5.41, 5.74) is 1.15. The number of amides is 1. The predicted molar refractivity (Wildman–Crippen MR) is 92.4 cm³/mol. The number of halogens is 1. The quantitative estimate of drug-likeness (QED) is 0.728. The maximum Gasteiger partial charge on any atom is 0.270 e. The molecule has 0 radical (unpaired) electrons. The van der Waals surface area contributed by atoms with E-state index in [2.05, 4.69) is 27.5 Å². The fourth-order valence-electron chi connectivity index (χ4n) is 2.24. The van der Waals surface area contributed by atoms with Crippen LogP contribution in [0.3, 0.4) is 0 Å². The van der Waals surface area contributed by atoms with Crippen LogP contribution in [0.15, 0.2) is 30.3 Å². The number of rotatable bonds is 8. The van der Waals surface area contributed by atoms with Crippen molar-refractivity contribution in [2.24, 2.45) is 0 Å². The minimum Gasteiger partial charge on any atom is -0.370 e. The summed E-state index contributed by atoms with van der Waals surface area (Å²) in [7, 11) is 0. The van der Waals surface area contributed by atoms with Gasteiger partial charge < -0.3 is 10.6 Å². The van der Waals surface area contributed by atoms with Gasteiger partial charge in [-0.1, -0.05) is 31.9 Å². The Labute approximate surface area is 141 Å². The standard InChI is InChI=1S/C18H23FN4O/c1-3-4-5-10-20-17-11-16(22-13(2)23-17)18(24)21-12-14-6-8-15(19)9-7-14/h6-9,11H,3-5,10,12H2,1-2H3,(H,21,24)(H,20,22,23). The molecule has 2 aromatic rings. The molecule has 1 aromatic heterocycles. The topological polar surface area (TPSA) is 66.9 Å². The summed E-state index contributed by atoms with van der Waals surface area (Å²) in [5.74, 6) is 0.629. The number of hydrogen-bond acceptors (Lipinski definition) is 4. The van der Waals surface area contributed by atoms with Crippen LogP contribution in [0.25, 0.3) is 0 Å². The molecular formula is C18H23FN4O. The van der Waals surface area contributed by atoms with Gasteiger partial charge in [0.1, 0.15) is 23.2 Å². The van der Waals surface area contributed by atoms with Gasteiger partial charge in [0, 0.05) is 19.2 Å². The van der Waals surface area contributed by atoms with Gasteiger partial charge in [0.25, 0.3) is 5.91 Å². The Balaban J connectivity index is 1.95. The van der Waals surface area contributed by atoms with Crippen molar-refractivity contribution in [2.75, 3.05) is 11.9 Å². The fraction of sp³-hybridized carbons (Fsp3) is 0.389. The van der Waals surface area contributed by atoms with Gasteiger partial charge in [-0.3, -0.25) is 4.79 Å². The molecule has 128 valence electrons. The fourth-order valence-corrected chi connectivity index (χ4v) is 2.24. The van der Waals surface area contributed by atoms with Crippen LogP contribution < -0.4 is 10.6 Å². The summed E-state index contributed by atoms with van der Waals surface area (Å²) in [5, 5.41) is 6.01. The minimum atomic E-state index is -0.296. The molecule has 0 unspecified atom stereocenters. The maximum absolute atomic E-state index is 12.9. The molecule has 0 fully saturated rings. The van der Waals surface area contributed by atoms with Crippen LogP contribution in [0.5, 0.6) is 0 Å². The first-order valence-corrected chi connectivity index (χ1v) is 8.20. The van der Waals surface area contributed by atoms with E-state index in [1.54, 1.807) is 25.1 Å². The highest BCUT2D eigenvalue weighted by Crippen LogP contribution is 2.08. The molecule has 0 saturated heterocycles. The number of unbranched alkanes of at least 4 members (excludes halogenated alkanes) is 2. The molecule has 1 heterocycles. The average molecular weight is 330 g/mol. The number of carbonyl (C=O) groups excluding carboxylic acids is 1. The van der Waals surface area contributed by atoms with Gasteiger partial charge >= 0.3 is 0 Å². The van der Waals surface area contributed by atoms with Crippen molar-refractivity contribution < 1.29 is 9.18 Å². The summed E-state index contributed by atoms with van der Waals surface area (Å²) in [4.78, 5) is 20.7. The maximum atomic E-state index is 12.9. The molecule has 2 rings (SSSR count). The highest BCUT2D eigenvalue weighted by molar-refractivity contribution is 5.92. The lowest BCUT2D eigenvalue weighted by Gasteiger charge is -2.09. The van der Waals surface area contributed by atoms with Crippen molar-refractivity contribution in [3.8, 4) is 0 Å². The molecule has 0 atom stereocenters. The predicted octanol–water partition coefficient (Wildman–Crippen LogP) is 3.46. The highest BCUT2D eigenvalue weighted by atomic mass is 19.1. The molecule has 1 amide bonds. The summed E-state index contributed by atoms with van der Waals surface area (Å²) in [6.07, 6.45) is 3.37. The van der Waals surface area contributed by atoms with Gasteiger partial charge in [0.05, 0.1) is 0 Å². The van der Waals surface area contributed by atoms with Crippen molar-refractivity contribution >= 4 is 11.7 Å². The Kier molecular flexibility index (Phi) is 6.66. The Hall–Kier alpha value is -2.50. The van der Waals surface area contributed by atoms with Gasteiger partial charge in [-0.05, 0) is 31.0 Å². The third kappa shape index (κ3) is 5.61. The summed E-state index contributed by atoms with van der Waals surface area (Å²) < 4.78 is 12.9. The van der Waals surface area contributed by atoms with Gasteiger partial charge in [0.15, 0.2) is 0 Å². The SMILES string of the molecule is CCCCCNc1cc(C(=O)NCc2ccc(F)cc2)nc(C)n1. The molecular weight excluding hydrogens is 307 g/mol. The van der Waals surface area contributed by atoms with Crippen LogP contribution in [-0.4, -0.2) is 22.4 Å². The molecule has 0 aliphatic heterocycles. The van der Waals surface area contributed by atoms with Crippen LogP contribution in [0, 0.1) is 12.7 Å². The third-order valence-corrected chi connectivity index (χ3v) is 3.52. The van der Waals surface area contributed by atoms with Gasteiger partial charge in [-0.15, -0.1) is 0 Å². The van der Waals surface area contributed by atoms with E-state index in [4.69, 9.17) is 0 Å². The number of nitrogens with zero attached hydrogens (tertiary/aromatic N) is 2. The monoisotopic (exact) mass is 330 g/mol. The number of aryl methyl sites for hydroxylation is 1. The first-order chi connectivity index (χ1) is 11.6. The molecule has 5 nitrogen and oxygen atoms in total. The van der Waals surface area contributed by atoms with Gasteiger partial charge in [-0.2, -0.15) is 0 Å². The second-order valence-corrected chi connectivity index (χ2v) is 5.63. The number of anilines is 1. The number of benzene rings is 1. The van der Waals surface area contributed by atoms with E-state index >= 15 is 0 Å². The Morgan fingerprint density at radius 2 is 1.92 bits per heavy atom. The van der Waals surface area contributed by atoms with Crippen molar-refractivity contribution in [2.45, 2.75) is 39.7 Å². The van der Waals surface area contributed by atoms with E-state index in [1.165, 1.54) is 12.1 Å². The summed E-state index contributed by atoms with van der Waals surface area (Å²) in [6, 6.07) is 7.67. The normalized spacial score (nSPS) is 10.5. The molecule has 6 heteroatoms. The molecule has 0 aliphatic rings. The van der Waals surface area contributed by atoms with Crippen LogP contribution in [0.4, 0.5) is 10.2 Å². The molecule has 24 heavy (non-hydrogen) atoms. The second-order valence-electron chi connectivity index (χ2n) is 5.63.